The molecular weight excluding hydrogens is 334 g/mol. The highest BCUT2D eigenvalue weighted by Crippen LogP contribution is 2.14. The van der Waals surface area contributed by atoms with Crippen LogP contribution in [-0.4, -0.2) is 19.8 Å². The van der Waals surface area contributed by atoms with Gasteiger partial charge in [0.25, 0.3) is 0 Å². The van der Waals surface area contributed by atoms with E-state index in [1.807, 2.05) is 30.3 Å². The van der Waals surface area contributed by atoms with Gasteiger partial charge in [-0.25, -0.2) is 0 Å². The Morgan fingerprint density at radius 1 is 0.840 bits per heavy atom. The van der Waals surface area contributed by atoms with Crippen LogP contribution in [0.1, 0.15) is 37.3 Å². The molecule has 0 aliphatic heterocycles. The molecule has 1 N–H and O–H groups in total. The van der Waals surface area contributed by atoms with Crippen molar-refractivity contribution in [3.05, 3.63) is 65.7 Å². The SMILES string of the molecule is CCCCOCCCNCc1ccc(OCc2ccccc2)cc1.Cl. The van der Waals surface area contributed by atoms with E-state index in [4.69, 9.17) is 9.47 Å². The Balaban J connectivity index is 0.00000312. The van der Waals surface area contributed by atoms with Gasteiger partial charge in [0, 0.05) is 19.8 Å². The number of hydrogen-bond acceptors (Lipinski definition) is 3. The topological polar surface area (TPSA) is 30.5 Å². The van der Waals surface area contributed by atoms with Gasteiger partial charge < -0.3 is 14.8 Å². The summed E-state index contributed by atoms with van der Waals surface area (Å²) in [5, 5.41) is 3.45. The van der Waals surface area contributed by atoms with E-state index in [1.165, 1.54) is 17.5 Å². The van der Waals surface area contributed by atoms with Crippen molar-refractivity contribution in [3.63, 3.8) is 0 Å². The van der Waals surface area contributed by atoms with E-state index in [1.54, 1.807) is 0 Å². The number of nitrogens with one attached hydrogen (secondary N) is 1. The summed E-state index contributed by atoms with van der Waals surface area (Å²) in [4.78, 5) is 0. The summed E-state index contributed by atoms with van der Waals surface area (Å²) in [5.74, 6) is 0.909. The van der Waals surface area contributed by atoms with Crippen LogP contribution < -0.4 is 10.1 Å². The minimum atomic E-state index is 0. The molecule has 0 amide bonds. The third-order valence-corrected chi connectivity index (χ3v) is 3.79. The first kappa shape index (κ1) is 21.5. The lowest BCUT2D eigenvalue weighted by molar-refractivity contribution is 0.129. The molecule has 0 aromatic heterocycles. The summed E-state index contributed by atoms with van der Waals surface area (Å²) in [5.41, 5.74) is 2.46. The number of rotatable bonds is 12. The molecule has 0 heterocycles. The molecule has 0 atom stereocenters. The largest absolute Gasteiger partial charge is 0.489 e. The molecule has 4 heteroatoms. The Morgan fingerprint density at radius 3 is 2.28 bits per heavy atom. The zero-order valence-electron chi connectivity index (χ0n) is 15.1. The molecule has 3 nitrogen and oxygen atoms in total. The second-order valence-corrected chi connectivity index (χ2v) is 5.91. The van der Waals surface area contributed by atoms with Crippen molar-refractivity contribution in [2.45, 2.75) is 39.3 Å². The number of hydrogen-bond donors (Lipinski definition) is 1. The molecule has 0 aliphatic carbocycles. The predicted molar refractivity (Wildman–Crippen MR) is 107 cm³/mol. The molecule has 0 fully saturated rings. The van der Waals surface area contributed by atoms with Gasteiger partial charge >= 0.3 is 0 Å². The average molecular weight is 364 g/mol. The molecule has 2 rings (SSSR count). The quantitative estimate of drug-likeness (QED) is 0.539. The summed E-state index contributed by atoms with van der Waals surface area (Å²) >= 11 is 0. The van der Waals surface area contributed by atoms with Crippen LogP contribution in [0.25, 0.3) is 0 Å². The van der Waals surface area contributed by atoms with E-state index in [9.17, 15) is 0 Å². The molecule has 138 valence electrons. The van der Waals surface area contributed by atoms with Crippen LogP contribution in [-0.2, 0) is 17.9 Å². The van der Waals surface area contributed by atoms with E-state index in [2.05, 4.69) is 36.5 Å². The molecule has 25 heavy (non-hydrogen) atoms. The monoisotopic (exact) mass is 363 g/mol. The van der Waals surface area contributed by atoms with Crippen LogP contribution in [0.5, 0.6) is 5.75 Å². The van der Waals surface area contributed by atoms with Crippen molar-refractivity contribution in [1.29, 1.82) is 0 Å². The van der Waals surface area contributed by atoms with Gasteiger partial charge in [0.05, 0.1) is 0 Å². The third-order valence-electron chi connectivity index (χ3n) is 3.79. The molecule has 0 saturated heterocycles. The maximum Gasteiger partial charge on any atom is 0.119 e. The summed E-state index contributed by atoms with van der Waals surface area (Å²) in [7, 11) is 0. The minimum absolute atomic E-state index is 0. The third kappa shape index (κ3) is 9.49. The van der Waals surface area contributed by atoms with Gasteiger partial charge in [-0.15, -0.1) is 12.4 Å². The summed E-state index contributed by atoms with van der Waals surface area (Å²) in [6.45, 7) is 6.39. The predicted octanol–water partition coefficient (Wildman–Crippen LogP) is 4.98. The first-order chi connectivity index (χ1) is 11.9. The Hall–Kier alpha value is -1.55. The van der Waals surface area contributed by atoms with Crippen molar-refractivity contribution < 1.29 is 9.47 Å². The van der Waals surface area contributed by atoms with Crippen LogP contribution in [0.3, 0.4) is 0 Å². The number of unbranched alkanes of at least 4 members (excludes halogenated alkanes) is 1. The lowest BCUT2D eigenvalue weighted by Crippen LogP contribution is -2.16. The lowest BCUT2D eigenvalue weighted by atomic mass is 10.2. The average Bonchev–Trinajstić information content (AvgIpc) is 2.64. The molecule has 0 saturated carbocycles. The minimum Gasteiger partial charge on any atom is -0.489 e. The number of halogens is 1. The van der Waals surface area contributed by atoms with E-state index in [-0.39, 0.29) is 12.4 Å². The normalized spacial score (nSPS) is 10.3. The van der Waals surface area contributed by atoms with Crippen LogP contribution >= 0.6 is 12.4 Å². The molecule has 2 aromatic carbocycles. The maximum atomic E-state index is 5.80. The lowest BCUT2D eigenvalue weighted by Gasteiger charge is -2.08. The van der Waals surface area contributed by atoms with E-state index < -0.39 is 0 Å². The highest BCUT2D eigenvalue weighted by atomic mass is 35.5. The fourth-order valence-electron chi connectivity index (χ4n) is 2.32. The van der Waals surface area contributed by atoms with Crippen LogP contribution in [0.4, 0.5) is 0 Å². The highest BCUT2D eigenvalue weighted by molar-refractivity contribution is 5.85. The van der Waals surface area contributed by atoms with Crippen molar-refractivity contribution in [1.82, 2.24) is 5.32 Å². The Morgan fingerprint density at radius 2 is 1.56 bits per heavy atom. The van der Waals surface area contributed by atoms with Gasteiger partial charge in [-0.1, -0.05) is 55.8 Å². The molecule has 0 bridgehead atoms. The van der Waals surface area contributed by atoms with Gasteiger partial charge in [-0.2, -0.15) is 0 Å². The molecule has 0 spiro atoms. The summed E-state index contributed by atoms with van der Waals surface area (Å²) < 4.78 is 11.3. The molecular formula is C21H30ClNO2. The van der Waals surface area contributed by atoms with E-state index >= 15 is 0 Å². The Bertz CT molecular complexity index is 546. The van der Waals surface area contributed by atoms with Crippen molar-refractivity contribution in [3.8, 4) is 5.75 Å². The molecule has 0 aliphatic rings. The second-order valence-electron chi connectivity index (χ2n) is 5.91. The Kier molecular flexibility index (Phi) is 11.8. The first-order valence-corrected chi connectivity index (χ1v) is 8.92. The smallest absolute Gasteiger partial charge is 0.119 e. The van der Waals surface area contributed by atoms with Gasteiger partial charge in [0.15, 0.2) is 0 Å². The van der Waals surface area contributed by atoms with Gasteiger partial charge in [-0.3, -0.25) is 0 Å². The van der Waals surface area contributed by atoms with Crippen LogP contribution in [0.15, 0.2) is 54.6 Å². The van der Waals surface area contributed by atoms with E-state index in [0.29, 0.717) is 6.61 Å². The first-order valence-electron chi connectivity index (χ1n) is 8.92. The standard InChI is InChI=1S/C21H29NO2.ClH/c1-2-3-15-23-16-7-14-22-17-19-10-12-21(13-11-19)24-18-20-8-5-4-6-9-20;/h4-6,8-13,22H,2-3,7,14-18H2,1H3;1H. The van der Waals surface area contributed by atoms with Crippen LogP contribution in [0.2, 0.25) is 0 Å². The van der Waals surface area contributed by atoms with Crippen LogP contribution in [0, 0.1) is 0 Å². The van der Waals surface area contributed by atoms with Crippen molar-refractivity contribution in [2.75, 3.05) is 19.8 Å². The summed E-state index contributed by atoms with van der Waals surface area (Å²) in [6.07, 6.45) is 3.41. The molecule has 0 unspecified atom stereocenters. The van der Waals surface area contributed by atoms with E-state index in [0.717, 1.165) is 44.9 Å². The number of ether oxygens (including phenoxy) is 2. The van der Waals surface area contributed by atoms with Gasteiger partial charge in [0.1, 0.15) is 12.4 Å². The van der Waals surface area contributed by atoms with Crippen molar-refractivity contribution in [2.24, 2.45) is 0 Å². The van der Waals surface area contributed by atoms with Gasteiger partial charge in [0.2, 0.25) is 0 Å². The zero-order chi connectivity index (χ0) is 16.9. The fraction of sp³-hybridized carbons (Fsp3) is 0.429. The summed E-state index contributed by atoms with van der Waals surface area (Å²) in [6, 6.07) is 18.5. The fourth-order valence-corrected chi connectivity index (χ4v) is 2.32. The maximum absolute atomic E-state index is 5.80. The highest BCUT2D eigenvalue weighted by Gasteiger charge is 1.97. The second kappa shape index (κ2) is 13.7. The zero-order valence-corrected chi connectivity index (χ0v) is 15.9. The number of benzene rings is 2. The Labute approximate surface area is 158 Å². The molecule has 2 aromatic rings. The van der Waals surface area contributed by atoms with Crippen molar-refractivity contribution >= 4 is 12.4 Å². The molecule has 0 radical (unpaired) electrons. The van der Waals surface area contributed by atoms with Gasteiger partial charge in [-0.05, 0) is 42.6 Å².